The monoisotopic (exact) mass is 297 g/mol. The summed E-state index contributed by atoms with van der Waals surface area (Å²) in [6.07, 6.45) is 5.94. The van der Waals surface area contributed by atoms with E-state index in [1.165, 1.54) is 27.6 Å². The van der Waals surface area contributed by atoms with E-state index in [1.54, 1.807) is 0 Å². The highest BCUT2D eigenvalue weighted by Crippen LogP contribution is 2.51. The summed E-state index contributed by atoms with van der Waals surface area (Å²) in [7, 11) is 0. The lowest BCUT2D eigenvalue weighted by atomic mass is 9.75. The van der Waals surface area contributed by atoms with Crippen LogP contribution in [0.25, 0.3) is 10.8 Å². The Morgan fingerprint density at radius 2 is 1.65 bits per heavy atom. The molecule has 0 bridgehead atoms. The molecule has 2 aliphatic rings. The van der Waals surface area contributed by atoms with Gasteiger partial charge in [0.25, 0.3) is 0 Å². The van der Waals surface area contributed by atoms with Crippen molar-refractivity contribution in [1.29, 1.82) is 0 Å². The lowest BCUT2D eigenvalue weighted by Crippen LogP contribution is -2.29. The largest absolute Gasteiger partial charge is 0.378 e. The van der Waals surface area contributed by atoms with Crippen molar-refractivity contribution >= 4 is 16.5 Å². The van der Waals surface area contributed by atoms with Crippen LogP contribution in [0, 0.1) is 5.92 Å². The van der Waals surface area contributed by atoms with Crippen molar-refractivity contribution in [2.45, 2.75) is 18.4 Å². The van der Waals surface area contributed by atoms with Gasteiger partial charge < -0.3 is 5.32 Å². The van der Waals surface area contributed by atoms with Crippen molar-refractivity contribution in [2.75, 3.05) is 5.32 Å². The minimum absolute atomic E-state index is 0.393. The Bertz CT molecular complexity index is 894. The first-order valence-corrected chi connectivity index (χ1v) is 8.41. The summed E-state index contributed by atoms with van der Waals surface area (Å²) in [5, 5.41) is 6.57. The van der Waals surface area contributed by atoms with Gasteiger partial charge in [-0.3, -0.25) is 0 Å². The van der Waals surface area contributed by atoms with Gasteiger partial charge in [-0.1, -0.05) is 72.8 Å². The fourth-order valence-electron chi connectivity index (χ4n) is 4.37. The van der Waals surface area contributed by atoms with Crippen LogP contribution in [0.4, 0.5) is 5.69 Å². The SMILES string of the molecule is C1=C[C@@H]2c3c(ccc4ccccc34)N[C@@H](c3ccccc3)[C@@H]2C1. The molecule has 0 spiro atoms. The maximum atomic E-state index is 3.84. The van der Waals surface area contributed by atoms with Gasteiger partial charge in [0.1, 0.15) is 0 Å². The standard InChI is InChI=1S/C22H19N/c1-2-8-16(9-3-1)22-19-12-6-11-18(19)21-17-10-5-4-7-15(17)13-14-20(21)23-22/h1-11,13-14,18-19,22-23H,12H2/t18-,19+,22-/m0/s1. The average Bonchev–Trinajstić information content (AvgIpc) is 3.11. The third-order valence-corrected chi connectivity index (χ3v) is 5.41. The summed E-state index contributed by atoms with van der Waals surface area (Å²) in [5.74, 6) is 1.12. The Kier molecular flexibility index (Phi) is 2.81. The highest BCUT2D eigenvalue weighted by molar-refractivity contribution is 5.91. The summed E-state index contributed by atoms with van der Waals surface area (Å²) in [5.41, 5.74) is 4.17. The van der Waals surface area contributed by atoms with Crippen molar-refractivity contribution in [2.24, 2.45) is 5.92 Å². The van der Waals surface area contributed by atoms with Crippen LogP contribution in [-0.2, 0) is 0 Å². The van der Waals surface area contributed by atoms with Gasteiger partial charge in [-0.05, 0) is 40.3 Å². The van der Waals surface area contributed by atoms with E-state index in [1.807, 2.05) is 0 Å². The summed E-state index contributed by atoms with van der Waals surface area (Å²) in [6.45, 7) is 0. The van der Waals surface area contributed by atoms with Crippen LogP contribution in [-0.4, -0.2) is 0 Å². The van der Waals surface area contributed by atoms with Crippen LogP contribution in [0.1, 0.15) is 29.5 Å². The molecule has 3 atom stereocenters. The van der Waals surface area contributed by atoms with Gasteiger partial charge in [-0.2, -0.15) is 0 Å². The predicted molar refractivity (Wildman–Crippen MR) is 96.7 cm³/mol. The molecule has 0 amide bonds. The van der Waals surface area contributed by atoms with Crippen LogP contribution < -0.4 is 5.32 Å². The molecule has 112 valence electrons. The van der Waals surface area contributed by atoms with E-state index < -0.39 is 0 Å². The summed E-state index contributed by atoms with van der Waals surface area (Å²) in [4.78, 5) is 0. The van der Waals surface area contributed by atoms with Crippen molar-refractivity contribution in [3.8, 4) is 0 Å². The third-order valence-electron chi connectivity index (χ3n) is 5.41. The van der Waals surface area contributed by atoms with Crippen LogP contribution in [0.15, 0.2) is 78.9 Å². The fraction of sp³-hybridized carbons (Fsp3) is 0.182. The molecule has 23 heavy (non-hydrogen) atoms. The van der Waals surface area contributed by atoms with Crippen molar-refractivity contribution in [3.05, 3.63) is 90.0 Å². The first-order chi connectivity index (χ1) is 11.4. The van der Waals surface area contributed by atoms with Gasteiger partial charge >= 0.3 is 0 Å². The zero-order chi connectivity index (χ0) is 15.2. The predicted octanol–water partition coefficient (Wildman–Crippen LogP) is 5.67. The van der Waals surface area contributed by atoms with E-state index in [-0.39, 0.29) is 0 Å². The zero-order valence-electron chi connectivity index (χ0n) is 12.9. The molecule has 0 fully saturated rings. The molecule has 1 aliphatic heterocycles. The van der Waals surface area contributed by atoms with Crippen molar-refractivity contribution < 1.29 is 0 Å². The molecule has 0 aromatic heterocycles. The highest BCUT2D eigenvalue weighted by atomic mass is 15.0. The maximum absolute atomic E-state index is 3.84. The van der Waals surface area contributed by atoms with Crippen LogP contribution in [0.2, 0.25) is 0 Å². The van der Waals surface area contributed by atoms with E-state index in [9.17, 15) is 0 Å². The highest BCUT2D eigenvalue weighted by Gasteiger charge is 2.38. The van der Waals surface area contributed by atoms with Crippen LogP contribution >= 0.6 is 0 Å². The molecule has 1 heteroatoms. The lowest BCUT2D eigenvalue weighted by Gasteiger charge is -2.38. The Morgan fingerprint density at radius 1 is 0.826 bits per heavy atom. The Balaban J connectivity index is 1.71. The van der Waals surface area contributed by atoms with Gasteiger partial charge in [0.15, 0.2) is 0 Å². The summed E-state index contributed by atoms with van der Waals surface area (Å²) in [6, 6.07) is 24.5. The molecular weight excluding hydrogens is 278 g/mol. The number of hydrogen-bond donors (Lipinski definition) is 1. The number of rotatable bonds is 1. The van der Waals surface area contributed by atoms with E-state index in [4.69, 9.17) is 0 Å². The van der Waals surface area contributed by atoms with Gasteiger partial charge in [0, 0.05) is 11.6 Å². The summed E-state index contributed by atoms with van der Waals surface area (Å²) >= 11 is 0. The van der Waals surface area contributed by atoms with Gasteiger partial charge in [0.2, 0.25) is 0 Å². The quantitative estimate of drug-likeness (QED) is 0.571. The molecule has 0 unspecified atom stereocenters. The van der Waals surface area contributed by atoms with Crippen LogP contribution in [0.5, 0.6) is 0 Å². The first kappa shape index (κ1) is 13.0. The van der Waals surface area contributed by atoms with E-state index in [0.717, 1.165) is 6.42 Å². The minimum atomic E-state index is 0.393. The molecule has 1 N–H and O–H groups in total. The second kappa shape index (κ2) is 4.99. The number of anilines is 1. The van der Waals surface area contributed by atoms with Crippen molar-refractivity contribution in [1.82, 2.24) is 0 Å². The fourth-order valence-corrected chi connectivity index (χ4v) is 4.37. The molecule has 0 saturated heterocycles. The Hall–Kier alpha value is -2.54. The molecule has 1 aliphatic carbocycles. The lowest BCUT2D eigenvalue weighted by molar-refractivity contribution is 0.427. The average molecular weight is 297 g/mol. The molecule has 1 heterocycles. The number of allylic oxidation sites excluding steroid dienone is 2. The number of benzene rings is 3. The second-order valence-corrected chi connectivity index (χ2v) is 6.63. The third kappa shape index (κ3) is 1.93. The molecule has 1 nitrogen and oxygen atoms in total. The molecule has 0 saturated carbocycles. The normalized spacial score (nSPS) is 25.0. The van der Waals surface area contributed by atoms with E-state index >= 15 is 0 Å². The van der Waals surface area contributed by atoms with E-state index in [2.05, 4.69) is 84.2 Å². The number of nitrogens with one attached hydrogen (secondary N) is 1. The van der Waals surface area contributed by atoms with Gasteiger partial charge in [0.05, 0.1) is 6.04 Å². The zero-order valence-corrected chi connectivity index (χ0v) is 12.9. The minimum Gasteiger partial charge on any atom is -0.378 e. The van der Waals surface area contributed by atoms with Crippen molar-refractivity contribution in [3.63, 3.8) is 0 Å². The first-order valence-electron chi connectivity index (χ1n) is 8.41. The Labute approximate surface area is 136 Å². The molecule has 0 radical (unpaired) electrons. The van der Waals surface area contributed by atoms with Gasteiger partial charge in [-0.15, -0.1) is 0 Å². The topological polar surface area (TPSA) is 12.0 Å². The molecular formula is C22H19N. The van der Waals surface area contributed by atoms with Gasteiger partial charge in [-0.25, -0.2) is 0 Å². The van der Waals surface area contributed by atoms with E-state index in [0.29, 0.717) is 17.9 Å². The second-order valence-electron chi connectivity index (χ2n) is 6.63. The molecule has 3 aromatic rings. The Morgan fingerprint density at radius 3 is 2.57 bits per heavy atom. The smallest absolute Gasteiger partial charge is 0.0553 e. The molecule has 3 aromatic carbocycles. The number of hydrogen-bond acceptors (Lipinski definition) is 1. The summed E-state index contributed by atoms with van der Waals surface area (Å²) < 4.78 is 0. The van der Waals surface area contributed by atoms with Crippen LogP contribution in [0.3, 0.4) is 0 Å². The number of fused-ring (bicyclic) bond motifs is 5. The maximum Gasteiger partial charge on any atom is 0.0553 e. The molecule has 5 rings (SSSR count).